The van der Waals surface area contributed by atoms with Gasteiger partial charge in [-0.2, -0.15) is 0 Å². The Morgan fingerprint density at radius 3 is 2.09 bits per heavy atom. The minimum atomic E-state index is -0.127. The number of nitrogens with one attached hydrogen (secondary N) is 1. The maximum atomic E-state index is 6.70. The van der Waals surface area contributed by atoms with E-state index in [-0.39, 0.29) is 16.2 Å². The fraction of sp³-hybridized carbons (Fsp3) is 0.197. The Balaban J connectivity index is 1.10. The Bertz CT molecular complexity index is 3910. The van der Waals surface area contributed by atoms with Crippen molar-refractivity contribution in [3.63, 3.8) is 0 Å². The van der Waals surface area contributed by atoms with E-state index < -0.39 is 0 Å². The molecule has 0 atom stereocenters. The highest BCUT2D eigenvalue weighted by molar-refractivity contribution is 6.73. The Morgan fingerprint density at radius 2 is 1.31 bits per heavy atom. The van der Waals surface area contributed by atoms with Crippen molar-refractivity contribution in [1.29, 1.82) is 0 Å². The van der Waals surface area contributed by atoms with E-state index in [0.29, 0.717) is 0 Å². The van der Waals surface area contributed by atoms with E-state index in [1.54, 1.807) is 0 Å². The van der Waals surface area contributed by atoms with Gasteiger partial charge in [-0.1, -0.05) is 146 Å². The van der Waals surface area contributed by atoms with Crippen molar-refractivity contribution in [2.75, 3.05) is 5.32 Å². The summed E-state index contributed by atoms with van der Waals surface area (Å²) in [5, 5.41) is 8.65. The number of imidazole rings is 1. The third kappa shape index (κ3) is 5.84. The van der Waals surface area contributed by atoms with E-state index >= 15 is 0 Å². The lowest BCUT2D eigenvalue weighted by Crippen LogP contribution is -2.37. The summed E-state index contributed by atoms with van der Waals surface area (Å²) >= 11 is 0. The van der Waals surface area contributed by atoms with E-state index in [0.717, 1.165) is 78.0 Å². The molecule has 1 aliphatic carbocycles. The highest BCUT2D eigenvalue weighted by Gasteiger charge is 2.37. The van der Waals surface area contributed by atoms with Crippen molar-refractivity contribution in [2.45, 2.75) is 71.6 Å². The van der Waals surface area contributed by atoms with E-state index in [1.807, 2.05) is 0 Å². The monoisotopic (exact) mass is 867 g/mol. The van der Waals surface area contributed by atoms with Gasteiger partial charge in [-0.25, -0.2) is 4.98 Å². The lowest BCUT2D eigenvalue weighted by atomic mass is 9.59. The van der Waals surface area contributed by atoms with E-state index in [9.17, 15) is 0 Å². The third-order valence-corrected chi connectivity index (χ3v) is 15.1. The number of fused-ring (bicyclic) bond motifs is 12. The summed E-state index contributed by atoms with van der Waals surface area (Å²) in [5.41, 5.74) is 23.0. The quantitative estimate of drug-likeness (QED) is 0.179. The number of hydrogen-bond acceptors (Lipinski definition) is 3. The van der Waals surface area contributed by atoms with E-state index in [4.69, 9.17) is 9.40 Å². The van der Waals surface area contributed by atoms with Crippen molar-refractivity contribution in [1.82, 2.24) is 14.1 Å². The zero-order chi connectivity index (χ0) is 45.9. The van der Waals surface area contributed by atoms with Crippen LogP contribution in [0.5, 0.6) is 0 Å². The van der Waals surface area contributed by atoms with Gasteiger partial charge >= 0.3 is 0 Å². The summed E-state index contributed by atoms with van der Waals surface area (Å²) in [4.78, 5) is 5.29. The number of hydrogen-bond donors (Lipinski definition) is 1. The van der Waals surface area contributed by atoms with Gasteiger partial charge in [-0.3, -0.25) is 0 Å². The summed E-state index contributed by atoms with van der Waals surface area (Å²) < 4.78 is 11.5. The van der Waals surface area contributed by atoms with Crippen molar-refractivity contribution in [2.24, 2.45) is 7.05 Å². The number of anilines is 2. The second-order valence-electron chi connectivity index (χ2n) is 21.7. The molecule has 6 heteroatoms. The fourth-order valence-corrected chi connectivity index (χ4v) is 11.3. The van der Waals surface area contributed by atoms with Gasteiger partial charge in [0.05, 0.1) is 22.2 Å². The lowest BCUT2D eigenvalue weighted by molar-refractivity contribution is 0.590. The maximum absolute atomic E-state index is 6.70. The van der Waals surface area contributed by atoms with Crippen LogP contribution in [0.15, 0.2) is 150 Å². The molecule has 67 heavy (non-hydrogen) atoms. The van der Waals surface area contributed by atoms with Crippen LogP contribution in [0, 0.1) is 0 Å². The van der Waals surface area contributed by atoms with Gasteiger partial charge in [0, 0.05) is 68.1 Å². The summed E-state index contributed by atoms with van der Waals surface area (Å²) in [6.07, 6.45) is 0. The van der Waals surface area contributed by atoms with Crippen LogP contribution in [0.25, 0.3) is 94.1 Å². The van der Waals surface area contributed by atoms with Gasteiger partial charge in [-0.05, 0) is 110 Å². The first kappa shape index (κ1) is 40.0. The number of benzene rings is 8. The average molecular weight is 868 g/mol. The Labute approximate surface area is 392 Å². The van der Waals surface area contributed by atoms with Gasteiger partial charge in [0.2, 0.25) is 0 Å². The van der Waals surface area contributed by atoms with Gasteiger partial charge in [0.15, 0.2) is 7.28 Å². The van der Waals surface area contributed by atoms with Crippen LogP contribution in [-0.2, 0) is 23.3 Å². The van der Waals surface area contributed by atoms with Crippen molar-refractivity contribution in [3.05, 3.63) is 168 Å². The number of aromatic nitrogens is 3. The van der Waals surface area contributed by atoms with Gasteiger partial charge in [-0.15, -0.1) is 0 Å². The van der Waals surface area contributed by atoms with Gasteiger partial charge in [0.25, 0.3) is 0 Å². The average Bonchev–Trinajstić information content (AvgIpc) is 4.01. The predicted octanol–water partition coefficient (Wildman–Crippen LogP) is 14.5. The zero-order valence-electron chi connectivity index (χ0n) is 39.7. The topological polar surface area (TPSA) is 47.9 Å². The second kappa shape index (κ2) is 13.6. The lowest BCUT2D eigenvalue weighted by Gasteiger charge is -2.24. The third-order valence-electron chi connectivity index (χ3n) is 15.1. The first-order valence-electron chi connectivity index (χ1n) is 23.7. The molecule has 0 bridgehead atoms. The van der Waals surface area contributed by atoms with E-state index in [1.165, 1.54) is 60.6 Å². The van der Waals surface area contributed by atoms with Crippen LogP contribution in [0.2, 0.25) is 0 Å². The molecular weight excluding hydrogens is 816 g/mol. The van der Waals surface area contributed by atoms with Gasteiger partial charge < -0.3 is 18.9 Å². The molecule has 0 saturated carbocycles. The zero-order valence-corrected chi connectivity index (χ0v) is 39.7. The Morgan fingerprint density at radius 1 is 0.582 bits per heavy atom. The van der Waals surface area contributed by atoms with Crippen molar-refractivity contribution >= 4 is 84.4 Å². The molecule has 0 fully saturated rings. The summed E-state index contributed by atoms with van der Waals surface area (Å²) in [6, 6.07) is 54.0. The Kier molecular flexibility index (Phi) is 8.14. The highest BCUT2D eigenvalue weighted by Crippen LogP contribution is 2.51. The van der Waals surface area contributed by atoms with Crippen LogP contribution in [0.1, 0.15) is 77.6 Å². The molecule has 325 valence electrons. The molecule has 3 aromatic heterocycles. The van der Waals surface area contributed by atoms with Crippen LogP contribution >= 0.6 is 0 Å². The van der Waals surface area contributed by atoms with Crippen LogP contribution in [0.4, 0.5) is 11.4 Å². The number of furan rings is 1. The smallest absolute Gasteiger partial charge is 0.198 e. The summed E-state index contributed by atoms with van der Waals surface area (Å²) in [5.74, 6) is 0.955. The summed E-state index contributed by atoms with van der Waals surface area (Å²) in [6.45, 7) is 18.4. The molecule has 0 amide bonds. The molecule has 1 aliphatic heterocycles. The Hall–Kier alpha value is -7.31. The largest absolute Gasteiger partial charge is 0.456 e. The molecule has 2 aliphatic rings. The molecule has 1 N–H and O–H groups in total. The predicted molar refractivity (Wildman–Crippen MR) is 283 cm³/mol. The van der Waals surface area contributed by atoms with Crippen LogP contribution in [-0.4, -0.2) is 21.4 Å². The molecule has 11 aromatic rings. The maximum Gasteiger partial charge on any atom is 0.198 e. The molecule has 5 nitrogen and oxygen atoms in total. The molecule has 1 radical (unpaired) electrons. The summed E-state index contributed by atoms with van der Waals surface area (Å²) in [7, 11) is 4.57. The standard InChI is InChI=1S/C61H52BN4O/c1-59(2,3)35-19-22-37(23-20-35)63-49-32-55-45(44-27-36(60(4,5)6)21-26-54(44)67-55)28-42(49)39-24-25-40-43-29-47-41(38-17-13-14-18-46(38)61(47,7)8)30-51(43)66-52-33-53-50(31-48(52)62-56(39)57(40)66)64-58(65(53)9)34-15-11-10-12-16-34/h10-33,63H,1-9H3. The van der Waals surface area contributed by atoms with E-state index in [2.05, 4.69) is 230 Å². The SMILES string of the molecule is Cn1c(-c2ccccc2)nc2cc3c(cc21)-n1c2cc4c(cc2c2ccc(-c5cc6c(cc5Nc5ccc(C(C)(C)C)cc5)oc5ccc(C(C)(C)C)cc56)c(c21)[B]3)C(C)(C)c1ccccc1-4. The minimum Gasteiger partial charge on any atom is -0.456 e. The van der Waals surface area contributed by atoms with Crippen LogP contribution in [0.3, 0.4) is 0 Å². The molecule has 0 saturated heterocycles. The first-order chi connectivity index (χ1) is 32.1. The molecule has 13 rings (SSSR count). The van der Waals surface area contributed by atoms with Crippen molar-refractivity contribution < 1.29 is 4.42 Å². The molecule has 8 aromatic carbocycles. The van der Waals surface area contributed by atoms with Crippen LogP contribution < -0.4 is 16.2 Å². The minimum absolute atomic E-state index is 0.00924. The second-order valence-corrected chi connectivity index (χ2v) is 21.7. The van der Waals surface area contributed by atoms with Gasteiger partial charge in [0.1, 0.15) is 17.0 Å². The molecule has 0 unspecified atom stereocenters. The highest BCUT2D eigenvalue weighted by atomic mass is 16.3. The molecule has 0 spiro atoms. The fourth-order valence-electron chi connectivity index (χ4n) is 11.3. The normalized spacial score (nSPS) is 14.0. The first-order valence-corrected chi connectivity index (χ1v) is 23.7. The molecular formula is C61H52BN4O. The number of aryl methyl sites for hydroxylation is 1. The van der Waals surface area contributed by atoms with Crippen molar-refractivity contribution in [3.8, 4) is 39.3 Å². The molecule has 4 heterocycles. The number of nitrogens with zero attached hydrogens (tertiary/aromatic N) is 3. The number of rotatable bonds is 4.